The first-order valence-electron chi connectivity index (χ1n) is 7.78. The van der Waals surface area contributed by atoms with E-state index in [2.05, 4.69) is 6.92 Å². The zero-order chi connectivity index (χ0) is 13.7. The van der Waals surface area contributed by atoms with E-state index in [1.54, 1.807) is 0 Å². The van der Waals surface area contributed by atoms with Gasteiger partial charge in [0.15, 0.2) is 0 Å². The first-order chi connectivity index (χ1) is 9.09. The molecule has 2 aliphatic carbocycles. The van der Waals surface area contributed by atoms with Crippen LogP contribution < -0.4 is 0 Å². The second-order valence-corrected chi connectivity index (χ2v) is 7.35. The van der Waals surface area contributed by atoms with E-state index in [1.807, 2.05) is 0 Å². The average molecular weight is 290 g/mol. The van der Waals surface area contributed by atoms with Crippen LogP contribution in [-0.4, -0.2) is 17.1 Å². The monoisotopic (exact) mass is 290 g/mol. The van der Waals surface area contributed by atoms with Gasteiger partial charge in [0.2, 0.25) is 0 Å². The van der Waals surface area contributed by atoms with Gasteiger partial charge in [-0.2, -0.15) is 0 Å². The predicted molar refractivity (Wildman–Crippen MR) is 74.9 cm³/mol. The van der Waals surface area contributed by atoms with E-state index >= 15 is 0 Å². The Morgan fingerprint density at radius 2 is 1.47 bits per heavy atom. The quantitative estimate of drug-likeness (QED) is 0.761. The molecule has 0 heterocycles. The molecule has 0 aromatic carbocycles. The number of rotatable bonds is 5. The normalized spacial score (nSPS) is 32.9. The Bertz CT molecular complexity index is 307. The topological polar surface area (TPSA) is 55.8 Å². The van der Waals surface area contributed by atoms with E-state index in [-0.39, 0.29) is 12.2 Å². The summed E-state index contributed by atoms with van der Waals surface area (Å²) in [5.74, 6) is 0.761. The van der Waals surface area contributed by atoms with Gasteiger partial charge in [0.05, 0.1) is 12.2 Å². The SMILES string of the molecule is CCC1CCC(OP(=O)(O)OC2CCCCC2)CC1. The van der Waals surface area contributed by atoms with Crippen molar-refractivity contribution in [2.45, 2.75) is 83.3 Å². The van der Waals surface area contributed by atoms with E-state index in [0.717, 1.165) is 57.3 Å². The van der Waals surface area contributed by atoms with Gasteiger partial charge in [0, 0.05) is 0 Å². The van der Waals surface area contributed by atoms with Crippen LogP contribution in [0, 0.1) is 5.92 Å². The molecule has 0 amide bonds. The molecule has 2 aliphatic rings. The summed E-state index contributed by atoms with van der Waals surface area (Å²) in [5, 5.41) is 0. The van der Waals surface area contributed by atoms with Gasteiger partial charge in [-0.05, 0) is 44.4 Å². The molecule has 0 aromatic rings. The summed E-state index contributed by atoms with van der Waals surface area (Å²) < 4.78 is 22.7. The van der Waals surface area contributed by atoms with E-state index in [0.29, 0.717) is 0 Å². The minimum atomic E-state index is -3.86. The van der Waals surface area contributed by atoms with Crippen molar-refractivity contribution in [3.05, 3.63) is 0 Å². The summed E-state index contributed by atoms with van der Waals surface area (Å²) in [6.45, 7) is 2.20. The maximum Gasteiger partial charge on any atom is 0.472 e. The van der Waals surface area contributed by atoms with Gasteiger partial charge < -0.3 is 4.89 Å². The number of phosphoric acid groups is 1. The number of hydrogen-bond donors (Lipinski definition) is 1. The molecule has 1 atom stereocenters. The fourth-order valence-corrected chi connectivity index (χ4v) is 4.44. The Labute approximate surface area is 116 Å². The molecule has 5 heteroatoms. The second-order valence-electron chi connectivity index (χ2n) is 5.99. The van der Waals surface area contributed by atoms with Gasteiger partial charge in [-0.15, -0.1) is 0 Å². The van der Waals surface area contributed by atoms with Crippen LogP contribution in [0.25, 0.3) is 0 Å². The summed E-state index contributed by atoms with van der Waals surface area (Å²) in [6.07, 6.45) is 10.1. The highest BCUT2D eigenvalue weighted by Crippen LogP contribution is 2.49. The van der Waals surface area contributed by atoms with Crippen molar-refractivity contribution in [1.29, 1.82) is 0 Å². The molecular weight excluding hydrogens is 263 g/mol. The zero-order valence-corrected chi connectivity index (χ0v) is 12.8. The fraction of sp³-hybridized carbons (Fsp3) is 1.00. The number of phosphoric ester groups is 1. The third kappa shape index (κ3) is 5.18. The first kappa shape index (κ1) is 15.5. The van der Waals surface area contributed by atoms with Crippen LogP contribution in [0.5, 0.6) is 0 Å². The molecule has 1 N–H and O–H groups in total. The van der Waals surface area contributed by atoms with Crippen LogP contribution in [0.1, 0.15) is 71.1 Å². The lowest BCUT2D eigenvalue weighted by molar-refractivity contribution is 0.0413. The van der Waals surface area contributed by atoms with Crippen molar-refractivity contribution in [1.82, 2.24) is 0 Å². The highest BCUT2D eigenvalue weighted by Gasteiger charge is 2.32. The second kappa shape index (κ2) is 7.21. The highest BCUT2D eigenvalue weighted by molar-refractivity contribution is 7.47. The van der Waals surface area contributed by atoms with Crippen LogP contribution in [0.3, 0.4) is 0 Å². The fourth-order valence-electron chi connectivity index (χ4n) is 3.22. The maximum absolute atomic E-state index is 12.0. The van der Waals surface area contributed by atoms with Crippen molar-refractivity contribution < 1.29 is 18.5 Å². The summed E-state index contributed by atoms with van der Waals surface area (Å²) in [6, 6.07) is 0. The molecule has 2 saturated carbocycles. The van der Waals surface area contributed by atoms with Gasteiger partial charge in [-0.1, -0.05) is 32.6 Å². The molecule has 19 heavy (non-hydrogen) atoms. The van der Waals surface area contributed by atoms with Crippen molar-refractivity contribution in [2.75, 3.05) is 0 Å². The maximum atomic E-state index is 12.0. The average Bonchev–Trinajstić information content (AvgIpc) is 2.39. The van der Waals surface area contributed by atoms with Crippen LogP contribution in [-0.2, 0) is 13.6 Å². The van der Waals surface area contributed by atoms with Crippen molar-refractivity contribution >= 4 is 7.82 Å². The molecule has 0 spiro atoms. The lowest BCUT2D eigenvalue weighted by Crippen LogP contribution is -2.22. The van der Waals surface area contributed by atoms with Crippen molar-refractivity contribution in [3.63, 3.8) is 0 Å². The van der Waals surface area contributed by atoms with Crippen molar-refractivity contribution in [3.8, 4) is 0 Å². The highest BCUT2D eigenvalue weighted by atomic mass is 31.2. The van der Waals surface area contributed by atoms with E-state index in [4.69, 9.17) is 9.05 Å². The molecule has 112 valence electrons. The standard InChI is InChI=1S/C14H27O4P/c1-2-12-8-10-14(11-9-12)18-19(15,16)17-13-6-4-3-5-7-13/h12-14H,2-11H2,1H3,(H,15,16). The molecule has 0 saturated heterocycles. The van der Waals surface area contributed by atoms with Gasteiger partial charge in [0.25, 0.3) is 0 Å². The van der Waals surface area contributed by atoms with Gasteiger partial charge in [-0.25, -0.2) is 4.57 Å². The van der Waals surface area contributed by atoms with E-state index in [1.165, 1.54) is 12.8 Å². The minimum absolute atomic E-state index is 0.0865. The minimum Gasteiger partial charge on any atom is -0.302 e. The first-order valence-corrected chi connectivity index (χ1v) is 9.28. The molecule has 4 nitrogen and oxygen atoms in total. The Hall–Kier alpha value is 0.110. The molecule has 2 rings (SSSR count). The largest absolute Gasteiger partial charge is 0.472 e. The van der Waals surface area contributed by atoms with Crippen LogP contribution in [0.4, 0.5) is 0 Å². The molecule has 0 radical (unpaired) electrons. The summed E-state index contributed by atoms with van der Waals surface area (Å²) >= 11 is 0. The Balaban J connectivity index is 1.75. The smallest absolute Gasteiger partial charge is 0.302 e. The molecule has 0 aliphatic heterocycles. The van der Waals surface area contributed by atoms with Gasteiger partial charge in [-0.3, -0.25) is 9.05 Å². The Kier molecular flexibility index (Phi) is 5.88. The zero-order valence-electron chi connectivity index (χ0n) is 11.9. The Morgan fingerprint density at radius 1 is 0.947 bits per heavy atom. The third-order valence-corrected chi connectivity index (χ3v) is 5.62. The third-order valence-electron chi connectivity index (χ3n) is 4.49. The molecule has 0 bridgehead atoms. The molecule has 1 unspecified atom stereocenters. The predicted octanol–water partition coefficient (Wildman–Crippen LogP) is 4.42. The van der Waals surface area contributed by atoms with Gasteiger partial charge in [0.1, 0.15) is 0 Å². The number of hydrogen-bond acceptors (Lipinski definition) is 3. The van der Waals surface area contributed by atoms with Gasteiger partial charge >= 0.3 is 7.82 Å². The Morgan fingerprint density at radius 3 is 2.00 bits per heavy atom. The summed E-state index contributed by atoms with van der Waals surface area (Å²) in [7, 11) is -3.86. The van der Waals surface area contributed by atoms with Crippen LogP contribution in [0.2, 0.25) is 0 Å². The lowest BCUT2D eigenvalue weighted by Gasteiger charge is -2.30. The van der Waals surface area contributed by atoms with E-state index in [9.17, 15) is 9.46 Å². The molecule has 2 fully saturated rings. The van der Waals surface area contributed by atoms with E-state index < -0.39 is 7.82 Å². The van der Waals surface area contributed by atoms with Crippen molar-refractivity contribution in [2.24, 2.45) is 5.92 Å². The molecular formula is C14H27O4P. The summed E-state index contributed by atoms with van der Waals surface area (Å²) in [4.78, 5) is 9.85. The lowest BCUT2D eigenvalue weighted by atomic mass is 9.86. The summed E-state index contributed by atoms with van der Waals surface area (Å²) in [5.41, 5.74) is 0. The molecule has 0 aromatic heterocycles. The van der Waals surface area contributed by atoms with Crippen LogP contribution in [0.15, 0.2) is 0 Å². The van der Waals surface area contributed by atoms with Crippen LogP contribution >= 0.6 is 7.82 Å².